The summed E-state index contributed by atoms with van der Waals surface area (Å²) in [5, 5.41) is 12.6. The van der Waals surface area contributed by atoms with Gasteiger partial charge in [0.05, 0.1) is 28.5 Å². The number of halogens is 1. The Bertz CT molecular complexity index is 814. The largest absolute Gasteiger partial charge is 0.475 e. The monoisotopic (exact) mass is 323 g/mol. The third-order valence-corrected chi connectivity index (χ3v) is 3.86. The highest BCUT2D eigenvalue weighted by atomic mass is 35.5. The summed E-state index contributed by atoms with van der Waals surface area (Å²) in [5.74, 6) is -0.695. The molecule has 6 nitrogen and oxygen atoms in total. The Morgan fingerprint density at radius 2 is 2.19 bits per heavy atom. The van der Waals surface area contributed by atoms with Crippen LogP contribution in [-0.4, -0.2) is 19.8 Å². The van der Waals surface area contributed by atoms with Crippen LogP contribution >= 0.6 is 23.3 Å². The van der Waals surface area contributed by atoms with Crippen LogP contribution in [0.1, 0.15) is 29.3 Å². The van der Waals surface area contributed by atoms with Crippen LogP contribution in [0.3, 0.4) is 0 Å². The summed E-state index contributed by atoms with van der Waals surface area (Å²) in [6, 6.07) is 6.32. The molecule has 21 heavy (non-hydrogen) atoms. The SMILES string of the molecule is CC(Nc1c(Cl)ccc2nsnc12)c1ccc(C(=O)O)o1. The molecule has 0 radical (unpaired) electrons. The Hall–Kier alpha value is -2.12. The first-order valence-corrected chi connectivity index (χ1v) is 7.17. The lowest BCUT2D eigenvalue weighted by molar-refractivity contribution is 0.0660. The van der Waals surface area contributed by atoms with Gasteiger partial charge in [-0.25, -0.2) is 4.79 Å². The van der Waals surface area contributed by atoms with Gasteiger partial charge in [-0.05, 0) is 31.2 Å². The van der Waals surface area contributed by atoms with Gasteiger partial charge in [-0.15, -0.1) is 0 Å². The number of benzene rings is 1. The average Bonchev–Trinajstić information content (AvgIpc) is 3.09. The Morgan fingerprint density at radius 1 is 1.38 bits per heavy atom. The van der Waals surface area contributed by atoms with Crippen LogP contribution < -0.4 is 5.32 Å². The molecule has 0 saturated heterocycles. The third-order valence-electron chi connectivity index (χ3n) is 3.00. The second-order valence-electron chi connectivity index (χ2n) is 4.43. The van der Waals surface area contributed by atoms with Crippen molar-refractivity contribution in [1.82, 2.24) is 8.75 Å². The van der Waals surface area contributed by atoms with Crippen molar-refractivity contribution in [1.29, 1.82) is 0 Å². The van der Waals surface area contributed by atoms with E-state index in [2.05, 4.69) is 14.1 Å². The minimum Gasteiger partial charge on any atom is -0.475 e. The molecule has 3 rings (SSSR count). The van der Waals surface area contributed by atoms with Gasteiger partial charge in [0.1, 0.15) is 16.8 Å². The standard InChI is InChI=1S/C13H10ClN3O3S/c1-6(9-4-5-10(20-9)13(18)19)15-11-7(14)2-3-8-12(11)17-21-16-8/h2-6,15H,1H3,(H,18,19). The second kappa shape index (κ2) is 5.34. The molecule has 0 aliphatic rings. The molecular weight excluding hydrogens is 314 g/mol. The van der Waals surface area contributed by atoms with Crippen LogP contribution in [0, 0.1) is 0 Å². The summed E-state index contributed by atoms with van der Waals surface area (Å²) in [4.78, 5) is 10.8. The first-order chi connectivity index (χ1) is 10.1. The van der Waals surface area contributed by atoms with Crippen LogP contribution in [0.25, 0.3) is 11.0 Å². The lowest BCUT2D eigenvalue weighted by Crippen LogP contribution is -2.06. The van der Waals surface area contributed by atoms with Gasteiger partial charge in [-0.2, -0.15) is 8.75 Å². The van der Waals surface area contributed by atoms with Gasteiger partial charge < -0.3 is 14.8 Å². The zero-order chi connectivity index (χ0) is 15.0. The van der Waals surface area contributed by atoms with Gasteiger partial charge in [-0.1, -0.05) is 11.6 Å². The minimum absolute atomic E-state index is 0.0988. The third kappa shape index (κ3) is 2.57. The minimum atomic E-state index is -1.10. The Morgan fingerprint density at radius 3 is 2.90 bits per heavy atom. The van der Waals surface area contributed by atoms with Crippen LogP contribution in [0.2, 0.25) is 5.02 Å². The smallest absolute Gasteiger partial charge is 0.371 e. The molecule has 0 amide bonds. The van der Waals surface area contributed by atoms with Crippen LogP contribution in [0.15, 0.2) is 28.7 Å². The Labute approximate surface area is 128 Å². The van der Waals surface area contributed by atoms with Gasteiger partial charge in [0.2, 0.25) is 5.76 Å². The number of fused-ring (bicyclic) bond motifs is 1. The van der Waals surface area contributed by atoms with Crippen LogP contribution in [0.5, 0.6) is 0 Å². The Balaban J connectivity index is 1.92. The number of aromatic carboxylic acids is 1. The van der Waals surface area contributed by atoms with Gasteiger partial charge in [0.25, 0.3) is 0 Å². The van der Waals surface area contributed by atoms with Crippen LogP contribution in [0.4, 0.5) is 5.69 Å². The molecule has 3 aromatic rings. The summed E-state index contributed by atoms with van der Waals surface area (Å²) in [6.45, 7) is 1.85. The number of aromatic nitrogens is 2. The molecule has 1 unspecified atom stereocenters. The van der Waals surface area contributed by atoms with Crippen molar-refractivity contribution in [3.05, 3.63) is 40.8 Å². The molecule has 0 saturated carbocycles. The van der Waals surface area contributed by atoms with E-state index < -0.39 is 5.97 Å². The topological polar surface area (TPSA) is 88.2 Å². The van der Waals surface area contributed by atoms with E-state index in [1.54, 1.807) is 18.2 Å². The van der Waals surface area contributed by atoms with Gasteiger partial charge >= 0.3 is 5.97 Å². The fourth-order valence-corrected chi connectivity index (χ4v) is 2.70. The van der Waals surface area contributed by atoms with Crippen molar-refractivity contribution in [2.24, 2.45) is 0 Å². The maximum atomic E-state index is 10.8. The van der Waals surface area contributed by atoms with Crippen molar-refractivity contribution in [2.75, 3.05) is 5.32 Å². The fourth-order valence-electron chi connectivity index (χ4n) is 1.95. The normalized spacial score (nSPS) is 12.5. The number of nitrogens with one attached hydrogen (secondary N) is 1. The number of furan rings is 1. The molecule has 2 N–H and O–H groups in total. The second-order valence-corrected chi connectivity index (χ2v) is 5.36. The average molecular weight is 324 g/mol. The quantitative estimate of drug-likeness (QED) is 0.759. The van der Waals surface area contributed by atoms with E-state index in [1.807, 2.05) is 6.92 Å². The predicted molar refractivity (Wildman–Crippen MR) is 80.1 cm³/mol. The molecule has 1 atom stereocenters. The predicted octanol–water partition coefficient (Wildman–Crippen LogP) is 3.81. The van der Waals surface area contributed by atoms with E-state index in [9.17, 15) is 4.79 Å². The maximum Gasteiger partial charge on any atom is 0.371 e. The summed E-state index contributed by atoms with van der Waals surface area (Å²) in [5.41, 5.74) is 2.10. The van der Waals surface area contributed by atoms with E-state index in [-0.39, 0.29) is 11.8 Å². The zero-order valence-corrected chi connectivity index (χ0v) is 12.4. The molecule has 2 aromatic heterocycles. The van der Waals surface area contributed by atoms with Crippen molar-refractivity contribution in [3.8, 4) is 0 Å². The highest BCUT2D eigenvalue weighted by Gasteiger charge is 2.17. The number of hydrogen-bond acceptors (Lipinski definition) is 6. The molecule has 8 heteroatoms. The highest BCUT2D eigenvalue weighted by Crippen LogP contribution is 2.33. The molecular formula is C13H10ClN3O3S. The van der Waals surface area contributed by atoms with Crippen molar-refractivity contribution >= 4 is 46.0 Å². The summed E-state index contributed by atoms with van der Waals surface area (Å²) >= 11 is 7.30. The Kier molecular flexibility index (Phi) is 3.52. The van der Waals surface area contributed by atoms with E-state index >= 15 is 0 Å². The van der Waals surface area contributed by atoms with Gasteiger partial charge in [-0.3, -0.25) is 0 Å². The number of hydrogen-bond donors (Lipinski definition) is 2. The van der Waals surface area contributed by atoms with Crippen molar-refractivity contribution < 1.29 is 14.3 Å². The summed E-state index contributed by atoms with van der Waals surface area (Å²) in [7, 11) is 0. The molecule has 0 spiro atoms. The lowest BCUT2D eigenvalue weighted by atomic mass is 10.2. The molecule has 0 fully saturated rings. The molecule has 0 bridgehead atoms. The molecule has 1 aromatic carbocycles. The lowest BCUT2D eigenvalue weighted by Gasteiger charge is -2.14. The maximum absolute atomic E-state index is 10.8. The first kappa shape index (κ1) is 13.8. The van der Waals surface area contributed by atoms with Gasteiger partial charge in [0.15, 0.2) is 0 Å². The molecule has 0 aliphatic heterocycles. The summed E-state index contributed by atoms with van der Waals surface area (Å²) < 4.78 is 13.7. The van der Waals surface area contributed by atoms with E-state index in [0.717, 1.165) is 17.2 Å². The molecule has 2 heterocycles. The highest BCUT2D eigenvalue weighted by molar-refractivity contribution is 7.00. The number of carboxylic acids is 1. The first-order valence-electron chi connectivity index (χ1n) is 6.06. The van der Waals surface area contributed by atoms with E-state index in [0.29, 0.717) is 22.0 Å². The van der Waals surface area contributed by atoms with Crippen molar-refractivity contribution in [2.45, 2.75) is 13.0 Å². The number of carbonyl (C=O) groups is 1. The fraction of sp³-hybridized carbons (Fsp3) is 0.154. The zero-order valence-electron chi connectivity index (χ0n) is 10.8. The van der Waals surface area contributed by atoms with E-state index in [1.165, 1.54) is 6.07 Å². The van der Waals surface area contributed by atoms with Gasteiger partial charge in [0, 0.05) is 0 Å². The van der Waals surface area contributed by atoms with Crippen molar-refractivity contribution in [3.63, 3.8) is 0 Å². The molecule has 108 valence electrons. The number of rotatable bonds is 4. The van der Waals surface area contributed by atoms with Crippen LogP contribution in [-0.2, 0) is 0 Å². The summed E-state index contributed by atoms with van der Waals surface area (Å²) in [6.07, 6.45) is 0. The van der Waals surface area contributed by atoms with E-state index in [4.69, 9.17) is 21.1 Å². The number of anilines is 1. The number of carboxylic acid groups (broad SMARTS) is 1. The number of nitrogens with zero attached hydrogens (tertiary/aromatic N) is 2. The molecule has 0 aliphatic carbocycles.